The van der Waals surface area contributed by atoms with E-state index in [2.05, 4.69) is 41.5 Å². The quantitative estimate of drug-likeness (QED) is 0.902. The van der Waals surface area contributed by atoms with Gasteiger partial charge < -0.3 is 5.32 Å². The van der Waals surface area contributed by atoms with Crippen molar-refractivity contribution in [2.75, 3.05) is 20.1 Å². The van der Waals surface area contributed by atoms with Crippen LogP contribution in [-0.2, 0) is 0 Å². The van der Waals surface area contributed by atoms with Crippen LogP contribution in [0.2, 0.25) is 0 Å². The van der Waals surface area contributed by atoms with E-state index in [1.54, 1.807) is 11.1 Å². The van der Waals surface area contributed by atoms with Crippen LogP contribution in [0.5, 0.6) is 0 Å². The number of fused-ring (bicyclic) bond motifs is 5. The lowest BCUT2D eigenvalue weighted by atomic mass is 9.81. The Morgan fingerprint density at radius 3 is 2.05 bits per heavy atom. The van der Waals surface area contributed by atoms with E-state index in [4.69, 9.17) is 0 Å². The Labute approximate surface area is 128 Å². The van der Waals surface area contributed by atoms with Gasteiger partial charge in [-0.3, -0.25) is 4.90 Å². The van der Waals surface area contributed by atoms with Crippen LogP contribution >= 0.6 is 0 Å². The molecule has 2 fully saturated rings. The second kappa shape index (κ2) is 5.73. The van der Waals surface area contributed by atoms with E-state index in [0.29, 0.717) is 0 Å². The molecule has 2 heteroatoms. The van der Waals surface area contributed by atoms with Gasteiger partial charge in [0.2, 0.25) is 0 Å². The molecule has 21 heavy (non-hydrogen) atoms. The van der Waals surface area contributed by atoms with Gasteiger partial charge >= 0.3 is 0 Å². The van der Waals surface area contributed by atoms with E-state index in [9.17, 15) is 0 Å². The Balaban J connectivity index is 1.39. The molecule has 1 N–H and O–H groups in total. The zero-order valence-electron chi connectivity index (χ0n) is 13.2. The van der Waals surface area contributed by atoms with Gasteiger partial charge in [-0.15, -0.1) is 0 Å². The molecule has 1 aromatic rings. The second-order valence-electron chi connectivity index (χ2n) is 7.38. The first-order valence-electron chi connectivity index (χ1n) is 8.86. The fourth-order valence-electron chi connectivity index (χ4n) is 5.11. The minimum absolute atomic E-state index is 0.737. The number of nitrogens with one attached hydrogen (secondary N) is 1. The van der Waals surface area contributed by atoms with Gasteiger partial charge in [0, 0.05) is 18.6 Å². The Hall–Kier alpha value is -0.860. The molecule has 3 aliphatic rings. The van der Waals surface area contributed by atoms with E-state index in [-0.39, 0.29) is 0 Å². The first kappa shape index (κ1) is 13.8. The van der Waals surface area contributed by atoms with Crippen LogP contribution in [0, 0.1) is 11.8 Å². The van der Waals surface area contributed by atoms with Crippen molar-refractivity contribution in [3.05, 3.63) is 35.4 Å². The molecule has 2 aliphatic heterocycles. The van der Waals surface area contributed by atoms with Gasteiger partial charge in [-0.25, -0.2) is 0 Å². The smallest absolute Gasteiger partial charge is 0.0358 e. The van der Waals surface area contributed by atoms with Gasteiger partial charge in [0.25, 0.3) is 0 Å². The van der Waals surface area contributed by atoms with Gasteiger partial charge in [-0.2, -0.15) is 0 Å². The molecule has 2 atom stereocenters. The maximum Gasteiger partial charge on any atom is 0.0358 e. The first-order valence-corrected chi connectivity index (χ1v) is 8.86. The molecule has 0 spiro atoms. The normalized spacial score (nSPS) is 35.1. The van der Waals surface area contributed by atoms with E-state index < -0.39 is 0 Å². The van der Waals surface area contributed by atoms with E-state index in [0.717, 1.165) is 23.9 Å². The first-order chi connectivity index (χ1) is 10.4. The predicted molar refractivity (Wildman–Crippen MR) is 87.2 cm³/mol. The van der Waals surface area contributed by atoms with Gasteiger partial charge in [0.1, 0.15) is 0 Å². The third-order valence-electron chi connectivity index (χ3n) is 6.16. The van der Waals surface area contributed by atoms with E-state index >= 15 is 0 Å². The summed E-state index contributed by atoms with van der Waals surface area (Å²) in [5.74, 6) is 1.87. The molecule has 2 heterocycles. The standard InChI is InChI=1S/C19H28N2/c1-20-12-14-6-8-15(9-7-14)13-21-18-10-11-19(21)17-5-3-2-4-16(17)18/h2-5,14-15,18-20H,6-13H2,1H3/t14-,15-,18?,19?. The van der Waals surface area contributed by atoms with Gasteiger partial charge in [-0.1, -0.05) is 24.3 Å². The number of benzene rings is 1. The maximum atomic E-state index is 3.35. The van der Waals surface area contributed by atoms with Crippen LogP contribution in [0.3, 0.4) is 0 Å². The van der Waals surface area contributed by atoms with Crippen LogP contribution in [0.1, 0.15) is 61.7 Å². The summed E-state index contributed by atoms with van der Waals surface area (Å²) in [6.45, 7) is 2.56. The molecule has 4 rings (SSSR count). The fourth-order valence-corrected chi connectivity index (χ4v) is 5.11. The molecule has 2 nitrogen and oxygen atoms in total. The van der Waals surface area contributed by atoms with Crippen LogP contribution < -0.4 is 5.32 Å². The molecule has 0 amide bonds. The van der Waals surface area contributed by atoms with Crippen molar-refractivity contribution < 1.29 is 0 Å². The lowest BCUT2D eigenvalue weighted by Gasteiger charge is -2.33. The Bertz CT molecular complexity index is 459. The number of rotatable bonds is 4. The number of hydrogen-bond donors (Lipinski definition) is 1. The van der Waals surface area contributed by atoms with Crippen molar-refractivity contribution in [1.82, 2.24) is 10.2 Å². The fraction of sp³-hybridized carbons (Fsp3) is 0.684. The van der Waals surface area contributed by atoms with Gasteiger partial charge in [0.05, 0.1) is 0 Å². The summed E-state index contributed by atoms with van der Waals surface area (Å²) in [5.41, 5.74) is 3.27. The lowest BCUT2D eigenvalue weighted by Crippen LogP contribution is -2.31. The third kappa shape index (κ3) is 2.43. The monoisotopic (exact) mass is 284 g/mol. The molecule has 0 radical (unpaired) electrons. The molecule has 2 bridgehead atoms. The van der Waals surface area contributed by atoms with Crippen LogP contribution in [0.15, 0.2) is 24.3 Å². The summed E-state index contributed by atoms with van der Waals surface area (Å²) in [7, 11) is 2.09. The van der Waals surface area contributed by atoms with E-state index in [1.165, 1.54) is 51.6 Å². The minimum atomic E-state index is 0.737. The van der Waals surface area contributed by atoms with Crippen LogP contribution in [0.25, 0.3) is 0 Å². The summed E-state index contributed by atoms with van der Waals surface area (Å²) < 4.78 is 0. The topological polar surface area (TPSA) is 15.3 Å². The van der Waals surface area contributed by atoms with Gasteiger partial charge in [-0.05, 0) is 75.1 Å². The third-order valence-corrected chi connectivity index (χ3v) is 6.16. The molecule has 1 saturated carbocycles. The molecular formula is C19H28N2. The molecule has 0 aromatic heterocycles. The van der Waals surface area contributed by atoms with Crippen molar-refractivity contribution >= 4 is 0 Å². The summed E-state index contributed by atoms with van der Waals surface area (Å²) in [6, 6.07) is 10.7. The number of nitrogens with zero attached hydrogens (tertiary/aromatic N) is 1. The maximum absolute atomic E-state index is 3.35. The van der Waals surface area contributed by atoms with Crippen LogP contribution in [-0.4, -0.2) is 25.0 Å². The van der Waals surface area contributed by atoms with Crippen molar-refractivity contribution in [3.63, 3.8) is 0 Å². The Morgan fingerprint density at radius 2 is 1.48 bits per heavy atom. The highest BCUT2D eigenvalue weighted by Gasteiger charge is 2.44. The molecule has 1 aliphatic carbocycles. The zero-order chi connectivity index (χ0) is 14.2. The summed E-state index contributed by atoms with van der Waals surface area (Å²) in [4.78, 5) is 2.84. The van der Waals surface area contributed by atoms with Crippen molar-refractivity contribution in [2.24, 2.45) is 11.8 Å². The van der Waals surface area contributed by atoms with Crippen molar-refractivity contribution in [3.8, 4) is 0 Å². The highest BCUT2D eigenvalue weighted by atomic mass is 15.2. The SMILES string of the molecule is CNC[C@H]1CC[C@H](CN2C3CCC2c2ccccc23)CC1. The molecular weight excluding hydrogens is 256 g/mol. The lowest BCUT2D eigenvalue weighted by molar-refractivity contribution is 0.150. The largest absolute Gasteiger partial charge is 0.319 e. The molecule has 114 valence electrons. The average Bonchev–Trinajstić information content (AvgIpc) is 3.06. The second-order valence-corrected chi connectivity index (χ2v) is 7.38. The van der Waals surface area contributed by atoms with Crippen LogP contribution in [0.4, 0.5) is 0 Å². The minimum Gasteiger partial charge on any atom is -0.319 e. The average molecular weight is 284 g/mol. The van der Waals surface area contributed by atoms with E-state index in [1.807, 2.05) is 0 Å². The Kier molecular flexibility index (Phi) is 3.76. The highest BCUT2D eigenvalue weighted by Crippen LogP contribution is 2.53. The van der Waals surface area contributed by atoms with Gasteiger partial charge in [0.15, 0.2) is 0 Å². The van der Waals surface area contributed by atoms with Crippen molar-refractivity contribution in [1.29, 1.82) is 0 Å². The summed E-state index contributed by atoms with van der Waals surface area (Å²) in [6.07, 6.45) is 8.52. The number of hydrogen-bond acceptors (Lipinski definition) is 2. The summed E-state index contributed by atoms with van der Waals surface area (Å²) in [5, 5.41) is 3.35. The molecule has 2 unspecified atom stereocenters. The van der Waals surface area contributed by atoms with Crippen molar-refractivity contribution in [2.45, 2.75) is 50.6 Å². The molecule has 1 saturated heterocycles. The zero-order valence-corrected chi connectivity index (χ0v) is 13.2. The molecule has 1 aromatic carbocycles. The summed E-state index contributed by atoms with van der Waals surface area (Å²) >= 11 is 0. The highest BCUT2D eigenvalue weighted by molar-refractivity contribution is 5.39. The Morgan fingerprint density at radius 1 is 0.905 bits per heavy atom. The predicted octanol–water partition coefficient (Wildman–Crippen LogP) is 3.90.